The second-order valence-corrected chi connectivity index (χ2v) is 9.67. The van der Waals surface area contributed by atoms with Crippen molar-refractivity contribution in [2.75, 3.05) is 52.7 Å². The minimum absolute atomic E-state index is 0.0294. The van der Waals surface area contributed by atoms with E-state index in [0.717, 1.165) is 37.8 Å². The van der Waals surface area contributed by atoms with Crippen molar-refractivity contribution >= 4 is 47.6 Å². The van der Waals surface area contributed by atoms with Crippen molar-refractivity contribution in [1.82, 2.24) is 10.6 Å². The summed E-state index contributed by atoms with van der Waals surface area (Å²) in [5, 5.41) is 4.96. The lowest BCUT2D eigenvalue weighted by molar-refractivity contribution is -0.150. The van der Waals surface area contributed by atoms with Gasteiger partial charge in [-0.1, -0.05) is 39.3 Å². The van der Waals surface area contributed by atoms with Gasteiger partial charge in [0.2, 0.25) is 11.8 Å². The Morgan fingerprint density at radius 2 is 0.938 bits per heavy atom. The van der Waals surface area contributed by atoms with Crippen molar-refractivity contribution in [1.29, 1.82) is 0 Å². The molecule has 16 nitrogen and oxygen atoms in total. The third-order valence-corrected chi connectivity index (χ3v) is 5.49. The molecule has 0 atom stereocenters. The van der Waals surface area contributed by atoms with E-state index in [1.807, 2.05) is 0 Å². The Morgan fingerprint density at radius 1 is 0.521 bits per heavy atom. The van der Waals surface area contributed by atoms with Gasteiger partial charge in [0.05, 0.1) is 13.2 Å². The molecule has 0 aliphatic rings. The van der Waals surface area contributed by atoms with Crippen molar-refractivity contribution in [2.24, 2.45) is 0 Å². The van der Waals surface area contributed by atoms with Crippen molar-refractivity contribution in [3.05, 3.63) is 25.3 Å². The van der Waals surface area contributed by atoms with Crippen LogP contribution in [0.2, 0.25) is 0 Å². The average Bonchev–Trinajstić information content (AvgIpc) is 3.04. The molecule has 0 saturated carbocycles. The van der Waals surface area contributed by atoms with Crippen molar-refractivity contribution in [2.45, 2.75) is 78.1 Å². The fourth-order valence-corrected chi connectivity index (χ4v) is 3.16. The van der Waals surface area contributed by atoms with Gasteiger partial charge in [-0.15, -0.1) is 0 Å². The molecule has 16 heteroatoms. The van der Waals surface area contributed by atoms with Gasteiger partial charge in [0.15, 0.2) is 0 Å². The fraction of sp³-hybridized carbons (Fsp3) is 0.625. The van der Waals surface area contributed by atoms with E-state index in [4.69, 9.17) is 14.2 Å². The molecule has 0 aromatic rings. The van der Waals surface area contributed by atoms with Gasteiger partial charge in [0.1, 0.15) is 39.3 Å². The Labute approximate surface area is 281 Å². The highest BCUT2D eigenvalue weighted by Crippen LogP contribution is 2.03. The zero-order valence-corrected chi connectivity index (χ0v) is 28.0. The van der Waals surface area contributed by atoms with Crippen LogP contribution in [0.25, 0.3) is 0 Å². The monoisotopic (exact) mass is 686 g/mol. The summed E-state index contributed by atoms with van der Waals surface area (Å²) in [4.78, 5) is 89.6. The summed E-state index contributed by atoms with van der Waals surface area (Å²) in [5.41, 5.74) is 0. The molecule has 0 rings (SSSR count). The molecule has 2 N–H and O–H groups in total. The predicted octanol–water partition coefficient (Wildman–Crippen LogP) is 1.78. The molecule has 0 aliphatic carbocycles. The number of carbonyl (C=O) groups excluding carboxylic acids is 8. The number of esters is 6. The molecule has 0 aromatic heterocycles. The summed E-state index contributed by atoms with van der Waals surface area (Å²) in [6.07, 6.45) is 6.97. The van der Waals surface area contributed by atoms with Crippen LogP contribution in [-0.4, -0.2) is 100 Å². The maximum Gasteiger partial charge on any atom is 0.330 e. The van der Waals surface area contributed by atoms with Gasteiger partial charge < -0.3 is 39.1 Å². The minimum atomic E-state index is -0.684. The molecule has 0 radical (unpaired) electrons. The maximum absolute atomic E-state index is 11.8. The predicted molar refractivity (Wildman–Crippen MR) is 170 cm³/mol. The number of amides is 2. The topological polar surface area (TPSA) is 216 Å². The Balaban J connectivity index is 0. The van der Waals surface area contributed by atoms with Crippen LogP contribution in [0.15, 0.2) is 25.3 Å². The van der Waals surface area contributed by atoms with Crippen LogP contribution in [0.4, 0.5) is 0 Å². The Morgan fingerprint density at radius 3 is 1.38 bits per heavy atom. The summed E-state index contributed by atoms with van der Waals surface area (Å²) in [6.45, 7) is 10.5. The SMILES string of the molecule is C=CC(=O)OCCOC(=O)CCCCCOC(=O)CC(=O)NCCNC(=O)CC(=O)OCCCCCC.C=CC(=O)OCCOC(C)=O. The third kappa shape index (κ3) is 34.1. The van der Waals surface area contributed by atoms with E-state index < -0.39 is 48.1 Å². The van der Waals surface area contributed by atoms with Crippen molar-refractivity contribution in [3.63, 3.8) is 0 Å². The van der Waals surface area contributed by atoms with Crippen LogP contribution >= 0.6 is 0 Å². The van der Waals surface area contributed by atoms with E-state index in [1.54, 1.807) is 0 Å². The van der Waals surface area contributed by atoms with E-state index in [9.17, 15) is 38.4 Å². The number of hydrogen-bond acceptors (Lipinski definition) is 14. The highest BCUT2D eigenvalue weighted by molar-refractivity contribution is 5.95. The maximum atomic E-state index is 11.8. The molecule has 0 aliphatic heterocycles. The van der Waals surface area contributed by atoms with Crippen LogP contribution in [0.5, 0.6) is 0 Å². The number of rotatable bonds is 26. The first-order valence-electron chi connectivity index (χ1n) is 15.7. The third-order valence-electron chi connectivity index (χ3n) is 5.49. The van der Waals surface area contributed by atoms with Crippen LogP contribution in [0, 0.1) is 0 Å². The van der Waals surface area contributed by atoms with Crippen molar-refractivity contribution in [3.8, 4) is 0 Å². The lowest BCUT2D eigenvalue weighted by Crippen LogP contribution is -2.36. The zero-order chi connectivity index (χ0) is 36.4. The smallest absolute Gasteiger partial charge is 0.330 e. The van der Waals surface area contributed by atoms with Gasteiger partial charge >= 0.3 is 35.8 Å². The van der Waals surface area contributed by atoms with E-state index in [2.05, 4.69) is 44.9 Å². The number of ether oxygens (including phenoxy) is 6. The molecular weight excluding hydrogens is 636 g/mol. The first-order chi connectivity index (χ1) is 22.9. The summed E-state index contributed by atoms with van der Waals surface area (Å²) in [6, 6.07) is 0. The molecule has 0 unspecified atom stereocenters. The number of hydrogen-bond donors (Lipinski definition) is 2. The summed E-state index contributed by atoms with van der Waals surface area (Å²) < 4.78 is 28.5. The molecule has 0 bridgehead atoms. The zero-order valence-electron chi connectivity index (χ0n) is 28.0. The van der Waals surface area contributed by atoms with Crippen molar-refractivity contribution < 1.29 is 66.8 Å². The molecule has 0 spiro atoms. The second kappa shape index (κ2) is 32.2. The van der Waals surface area contributed by atoms with Crippen LogP contribution < -0.4 is 10.6 Å². The molecule has 2 amide bonds. The Hall–Kier alpha value is -4.76. The summed E-state index contributed by atoms with van der Waals surface area (Å²) in [5.74, 6) is -4.24. The molecule has 0 aromatic carbocycles. The van der Waals surface area contributed by atoms with Crippen LogP contribution in [0.1, 0.15) is 78.1 Å². The number of carbonyl (C=O) groups is 8. The van der Waals surface area contributed by atoms with E-state index in [0.29, 0.717) is 25.9 Å². The first kappa shape index (κ1) is 45.4. The van der Waals surface area contributed by atoms with E-state index in [1.165, 1.54) is 6.92 Å². The van der Waals surface area contributed by atoms with Gasteiger partial charge in [0.25, 0.3) is 0 Å². The van der Waals surface area contributed by atoms with Crippen LogP contribution in [0.3, 0.4) is 0 Å². The largest absolute Gasteiger partial charge is 0.465 e. The highest BCUT2D eigenvalue weighted by atomic mass is 16.6. The molecule has 0 heterocycles. The molecule has 48 heavy (non-hydrogen) atoms. The van der Waals surface area contributed by atoms with Gasteiger partial charge in [-0.3, -0.25) is 28.8 Å². The van der Waals surface area contributed by atoms with Gasteiger partial charge in [-0.2, -0.15) is 0 Å². The standard InChI is InChI=1S/C25H40N2O10.C7H10O4/c1-3-5-6-9-14-34-24(32)18-20(28)26-12-13-27-21(29)19-25(33)35-15-10-7-8-11-23(31)37-17-16-36-22(30)4-2;1-3-7(9)11-5-4-10-6(2)8/h4H,2-3,5-19H2,1H3,(H,26,28)(H,27,29);3H,1,4-5H2,2H3. The molecule has 272 valence electrons. The lowest BCUT2D eigenvalue weighted by Gasteiger charge is -2.08. The fourth-order valence-electron chi connectivity index (χ4n) is 3.16. The second-order valence-electron chi connectivity index (χ2n) is 9.67. The summed E-state index contributed by atoms with van der Waals surface area (Å²) >= 11 is 0. The average molecular weight is 687 g/mol. The van der Waals surface area contributed by atoms with E-state index in [-0.39, 0.29) is 64.9 Å². The highest BCUT2D eigenvalue weighted by Gasteiger charge is 2.12. The normalized spacial score (nSPS) is 9.71. The Kier molecular flexibility index (Phi) is 30.4. The number of nitrogens with one attached hydrogen (secondary N) is 2. The first-order valence-corrected chi connectivity index (χ1v) is 15.7. The molecular formula is C32H50N2O14. The minimum Gasteiger partial charge on any atom is -0.465 e. The van der Waals surface area contributed by atoms with Crippen LogP contribution in [-0.2, 0) is 66.8 Å². The summed E-state index contributed by atoms with van der Waals surface area (Å²) in [7, 11) is 0. The van der Waals surface area contributed by atoms with E-state index >= 15 is 0 Å². The van der Waals surface area contributed by atoms with Gasteiger partial charge in [-0.25, -0.2) is 9.59 Å². The molecule has 0 saturated heterocycles. The van der Waals surface area contributed by atoms with Gasteiger partial charge in [0, 0.05) is 38.6 Å². The quantitative estimate of drug-likeness (QED) is 0.0436. The molecule has 0 fully saturated rings. The number of unbranched alkanes of at least 4 members (excludes halogenated alkanes) is 5. The Bertz CT molecular complexity index is 1030. The van der Waals surface area contributed by atoms with Gasteiger partial charge in [-0.05, 0) is 25.7 Å². The lowest BCUT2D eigenvalue weighted by atomic mass is 10.2.